The third kappa shape index (κ3) is 10.1. The van der Waals surface area contributed by atoms with Crippen molar-refractivity contribution in [2.45, 2.75) is 38.6 Å². The van der Waals surface area contributed by atoms with Gasteiger partial charge in [-0.05, 0) is 19.9 Å². The normalized spacial score (nSPS) is 10.8. The molecule has 1 amide bonds. The molecule has 28 heavy (non-hydrogen) atoms. The summed E-state index contributed by atoms with van der Waals surface area (Å²) in [7, 11) is 1.50. The van der Waals surface area contributed by atoms with E-state index in [1.807, 2.05) is 13.8 Å². The molecule has 0 radical (unpaired) electrons. The summed E-state index contributed by atoms with van der Waals surface area (Å²) in [5.74, 6) is -0.821. The van der Waals surface area contributed by atoms with E-state index in [9.17, 15) is 15.0 Å². The van der Waals surface area contributed by atoms with Crippen LogP contribution in [0.25, 0.3) is 0 Å². The topological polar surface area (TPSA) is 190 Å². The average molecular weight is 408 g/mol. The van der Waals surface area contributed by atoms with Crippen LogP contribution in [0.5, 0.6) is 0 Å². The summed E-state index contributed by atoms with van der Waals surface area (Å²) in [5, 5.41) is 45.3. The van der Waals surface area contributed by atoms with Gasteiger partial charge in [-0.15, -0.1) is 5.10 Å². The van der Waals surface area contributed by atoms with Crippen molar-refractivity contribution in [1.29, 1.82) is 0 Å². The van der Waals surface area contributed by atoms with Crippen molar-refractivity contribution < 1.29 is 30.0 Å². The van der Waals surface area contributed by atoms with Gasteiger partial charge in [0.25, 0.3) is 0 Å². The molecule has 0 aliphatic heterocycles. The van der Waals surface area contributed by atoms with Crippen LogP contribution < -0.4 is 11.5 Å². The molecule has 166 valence electrons. The predicted octanol–water partition coefficient (Wildman–Crippen LogP) is -2.02. The van der Waals surface area contributed by atoms with Gasteiger partial charge in [0.2, 0.25) is 5.91 Å². The van der Waals surface area contributed by atoms with E-state index >= 15 is 0 Å². The Kier molecular flexibility index (Phi) is 17.8. The molecule has 0 fully saturated rings. The largest absolute Gasteiger partial charge is 0.396 e. The zero-order valence-corrected chi connectivity index (χ0v) is 17.1. The van der Waals surface area contributed by atoms with Gasteiger partial charge in [-0.25, -0.2) is 4.68 Å². The fraction of sp³-hybridized carbons (Fsp3) is 0.824. The summed E-state index contributed by atoms with van der Waals surface area (Å²) in [6.45, 7) is 2.69. The monoisotopic (exact) mass is 407 g/mol. The minimum atomic E-state index is -1.20. The van der Waals surface area contributed by atoms with Crippen molar-refractivity contribution in [3.05, 3.63) is 11.9 Å². The van der Waals surface area contributed by atoms with Crippen molar-refractivity contribution in [2.24, 2.45) is 17.4 Å². The molecule has 1 aromatic rings. The number of nitrogens with zero attached hydrogens (tertiary/aromatic N) is 3. The Bertz CT molecular complexity index is 492. The first-order valence-electron chi connectivity index (χ1n) is 9.30. The lowest BCUT2D eigenvalue weighted by Gasteiger charge is -2.29. The molecule has 8 N–H and O–H groups in total. The molecule has 0 bridgehead atoms. The molecule has 0 spiro atoms. The standard InChI is InChI=1S/C14H26N4O6.C2H6.CH5N/c15-13(23)3-1-2-12-4-18(17-16-12)14(8-21,9-22)10-24-7-11(5-19)6-20;2*1-2/h4,11,19-22H,1-3,5-10H2,(H2,15,23);1-2H3;2H2,1H3. The van der Waals surface area contributed by atoms with Gasteiger partial charge in [0, 0.05) is 18.5 Å². The number of hydrogen-bond donors (Lipinski definition) is 6. The van der Waals surface area contributed by atoms with Crippen molar-refractivity contribution in [3.63, 3.8) is 0 Å². The first-order valence-corrected chi connectivity index (χ1v) is 9.30. The highest BCUT2D eigenvalue weighted by atomic mass is 16.5. The fourth-order valence-electron chi connectivity index (χ4n) is 2.02. The van der Waals surface area contributed by atoms with Crippen molar-refractivity contribution in [3.8, 4) is 0 Å². The van der Waals surface area contributed by atoms with Crippen LogP contribution >= 0.6 is 0 Å². The molecule has 0 aromatic carbocycles. The van der Waals surface area contributed by atoms with Gasteiger partial charge in [-0.3, -0.25) is 4.79 Å². The maximum Gasteiger partial charge on any atom is 0.217 e. The lowest BCUT2D eigenvalue weighted by molar-refractivity contribution is -0.118. The predicted molar refractivity (Wildman–Crippen MR) is 104 cm³/mol. The second kappa shape index (κ2) is 17.5. The van der Waals surface area contributed by atoms with Crippen LogP contribution in [0.2, 0.25) is 0 Å². The van der Waals surface area contributed by atoms with Crippen LogP contribution in [0.4, 0.5) is 0 Å². The van der Waals surface area contributed by atoms with E-state index in [4.69, 9.17) is 20.7 Å². The highest BCUT2D eigenvalue weighted by molar-refractivity contribution is 5.73. The first-order chi connectivity index (χ1) is 13.5. The number of aliphatic hydroxyl groups excluding tert-OH is 4. The Morgan fingerprint density at radius 3 is 2.25 bits per heavy atom. The summed E-state index contributed by atoms with van der Waals surface area (Å²) in [6.07, 6.45) is 2.84. The van der Waals surface area contributed by atoms with Gasteiger partial charge in [-0.1, -0.05) is 19.1 Å². The van der Waals surface area contributed by atoms with E-state index in [1.165, 1.54) is 11.7 Å². The van der Waals surface area contributed by atoms with E-state index in [0.717, 1.165) is 0 Å². The summed E-state index contributed by atoms with van der Waals surface area (Å²) in [5.41, 5.74) is 8.98. The molecule has 11 nitrogen and oxygen atoms in total. The molecule has 1 rings (SSSR count). The Morgan fingerprint density at radius 1 is 1.21 bits per heavy atom. The molecule has 0 unspecified atom stereocenters. The van der Waals surface area contributed by atoms with E-state index < -0.39 is 30.6 Å². The smallest absolute Gasteiger partial charge is 0.217 e. The van der Waals surface area contributed by atoms with Gasteiger partial charge in [0.15, 0.2) is 0 Å². The van der Waals surface area contributed by atoms with Crippen LogP contribution in [0.15, 0.2) is 6.20 Å². The lowest BCUT2D eigenvalue weighted by atomic mass is 10.0. The number of rotatable bonds is 13. The Morgan fingerprint density at radius 2 is 1.79 bits per heavy atom. The second-order valence-electron chi connectivity index (χ2n) is 5.76. The number of aliphatic hydroxyl groups is 4. The third-order valence-electron chi connectivity index (χ3n) is 3.71. The minimum Gasteiger partial charge on any atom is -0.396 e. The van der Waals surface area contributed by atoms with Crippen LogP contribution in [0.3, 0.4) is 0 Å². The van der Waals surface area contributed by atoms with Gasteiger partial charge < -0.3 is 36.6 Å². The van der Waals surface area contributed by atoms with Crippen LogP contribution in [-0.4, -0.2) is 88.0 Å². The van der Waals surface area contributed by atoms with Gasteiger partial charge in [0.1, 0.15) is 5.54 Å². The summed E-state index contributed by atoms with van der Waals surface area (Å²) < 4.78 is 6.74. The summed E-state index contributed by atoms with van der Waals surface area (Å²) >= 11 is 0. The molecular formula is C17H37N5O6. The quantitative estimate of drug-likeness (QED) is 0.214. The molecule has 0 aliphatic carbocycles. The van der Waals surface area contributed by atoms with Crippen LogP contribution in [0, 0.1) is 5.92 Å². The van der Waals surface area contributed by atoms with Crippen LogP contribution in [-0.2, 0) is 21.5 Å². The molecule has 0 saturated carbocycles. The number of nitrogens with two attached hydrogens (primary N) is 2. The second-order valence-corrected chi connectivity index (χ2v) is 5.76. The number of ether oxygens (including phenoxy) is 1. The van der Waals surface area contributed by atoms with Gasteiger partial charge in [-0.2, -0.15) is 0 Å². The number of hydrogen-bond acceptors (Lipinski definition) is 9. The Balaban J connectivity index is 0. The lowest BCUT2D eigenvalue weighted by Crippen LogP contribution is -2.46. The van der Waals surface area contributed by atoms with Crippen LogP contribution in [0.1, 0.15) is 32.4 Å². The molecule has 0 atom stereocenters. The van der Waals surface area contributed by atoms with Gasteiger partial charge in [0.05, 0.1) is 45.3 Å². The number of amides is 1. The average Bonchev–Trinajstić information content (AvgIpc) is 3.21. The van der Waals surface area contributed by atoms with E-state index in [2.05, 4.69) is 16.0 Å². The van der Waals surface area contributed by atoms with E-state index in [0.29, 0.717) is 18.5 Å². The van der Waals surface area contributed by atoms with E-state index in [1.54, 1.807) is 6.20 Å². The molecule has 0 saturated heterocycles. The first kappa shape index (κ1) is 28.6. The zero-order valence-electron chi connectivity index (χ0n) is 17.1. The summed E-state index contributed by atoms with van der Waals surface area (Å²) in [4.78, 5) is 10.7. The fourth-order valence-corrected chi connectivity index (χ4v) is 2.02. The molecule has 0 aliphatic rings. The molecule has 11 heteroatoms. The molecular weight excluding hydrogens is 370 g/mol. The number of carbonyl (C=O) groups is 1. The van der Waals surface area contributed by atoms with Crippen molar-refractivity contribution >= 4 is 5.91 Å². The van der Waals surface area contributed by atoms with Crippen molar-refractivity contribution in [1.82, 2.24) is 15.0 Å². The Hall–Kier alpha value is -1.63. The SMILES string of the molecule is CC.CN.NC(=O)CCCc1cn(C(CO)(CO)COCC(CO)CO)nn1. The van der Waals surface area contributed by atoms with Crippen molar-refractivity contribution in [2.75, 3.05) is 46.7 Å². The highest BCUT2D eigenvalue weighted by Crippen LogP contribution is 2.16. The minimum absolute atomic E-state index is 0.0689. The Labute approximate surface area is 166 Å². The number of primary amides is 1. The third-order valence-corrected chi connectivity index (χ3v) is 3.71. The maximum atomic E-state index is 10.7. The van der Waals surface area contributed by atoms with E-state index in [-0.39, 0.29) is 32.8 Å². The van der Waals surface area contributed by atoms with Gasteiger partial charge >= 0.3 is 0 Å². The maximum absolute atomic E-state index is 10.7. The summed E-state index contributed by atoms with van der Waals surface area (Å²) in [6, 6.07) is 0. The zero-order chi connectivity index (χ0) is 22.0. The number of carbonyl (C=O) groups excluding carboxylic acids is 1. The molecule has 1 aromatic heterocycles. The highest BCUT2D eigenvalue weighted by Gasteiger charge is 2.33. The number of aromatic nitrogens is 3. The number of aryl methyl sites for hydroxylation is 1. The molecule has 1 heterocycles.